The first-order chi connectivity index (χ1) is 13.1. The third-order valence-electron chi connectivity index (χ3n) is 4.84. The van der Waals surface area contributed by atoms with Crippen molar-refractivity contribution in [1.29, 1.82) is 0 Å². The standard InChI is InChI=1S/C20H23N3O2S2/c1-12-6-9-15-17(10-12)27-20(22-15)23-19(25)14-4-2-3-5-16(14)26-11-18(24)21-13-7-8-13/h2-5,12-13H,6-11H2,1H3,(H,21,24)(H,22,23,25). The molecule has 1 unspecified atom stereocenters. The number of nitrogens with one attached hydrogen (secondary N) is 2. The molecule has 0 saturated heterocycles. The Morgan fingerprint density at radius 2 is 2.07 bits per heavy atom. The lowest BCUT2D eigenvalue weighted by Gasteiger charge is -2.15. The molecule has 1 aromatic carbocycles. The van der Waals surface area contributed by atoms with Crippen molar-refractivity contribution in [2.45, 2.75) is 50.0 Å². The van der Waals surface area contributed by atoms with Gasteiger partial charge in [-0.2, -0.15) is 0 Å². The molecule has 27 heavy (non-hydrogen) atoms. The highest BCUT2D eigenvalue weighted by atomic mass is 32.2. The second kappa shape index (κ2) is 8.02. The number of aryl methyl sites for hydroxylation is 1. The van der Waals surface area contributed by atoms with E-state index in [4.69, 9.17) is 0 Å². The van der Waals surface area contributed by atoms with Crippen LogP contribution in [0.5, 0.6) is 0 Å². The van der Waals surface area contributed by atoms with Gasteiger partial charge in [-0.05, 0) is 50.2 Å². The molecule has 4 rings (SSSR count). The molecule has 1 fully saturated rings. The maximum atomic E-state index is 12.8. The Bertz CT molecular complexity index is 861. The van der Waals surface area contributed by atoms with Gasteiger partial charge >= 0.3 is 0 Å². The van der Waals surface area contributed by atoms with Gasteiger partial charge in [0.1, 0.15) is 0 Å². The first-order valence-electron chi connectivity index (χ1n) is 9.39. The van der Waals surface area contributed by atoms with Crippen molar-refractivity contribution < 1.29 is 9.59 Å². The van der Waals surface area contributed by atoms with Crippen molar-refractivity contribution in [3.05, 3.63) is 40.4 Å². The second-order valence-corrected chi connectivity index (χ2v) is 9.42. The van der Waals surface area contributed by atoms with E-state index in [1.54, 1.807) is 17.4 Å². The molecular weight excluding hydrogens is 378 g/mol. The van der Waals surface area contributed by atoms with Crippen molar-refractivity contribution >= 4 is 40.0 Å². The molecule has 0 radical (unpaired) electrons. The van der Waals surface area contributed by atoms with Gasteiger partial charge < -0.3 is 5.32 Å². The van der Waals surface area contributed by atoms with Crippen LogP contribution in [-0.4, -0.2) is 28.6 Å². The number of hydrogen-bond donors (Lipinski definition) is 2. The molecule has 2 N–H and O–H groups in total. The van der Waals surface area contributed by atoms with Crippen LogP contribution >= 0.6 is 23.1 Å². The van der Waals surface area contributed by atoms with Gasteiger partial charge in [0.25, 0.3) is 5.91 Å². The van der Waals surface area contributed by atoms with Crippen LogP contribution in [0.1, 0.15) is 47.1 Å². The van der Waals surface area contributed by atoms with Crippen LogP contribution in [0.15, 0.2) is 29.2 Å². The van der Waals surface area contributed by atoms with Crippen LogP contribution in [0.3, 0.4) is 0 Å². The molecule has 0 spiro atoms. The van der Waals surface area contributed by atoms with Crippen LogP contribution in [0.25, 0.3) is 0 Å². The SMILES string of the molecule is CC1CCc2nc(NC(=O)c3ccccc3SCC(=O)NC3CC3)sc2C1. The molecule has 0 aliphatic heterocycles. The minimum atomic E-state index is -0.167. The van der Waals surface area contributed by atoms with E-state index in [0.29, 0.717) is 28.4 Å². The predicted octanol–water partition coefficient (Wildman–Crippen LogP) is 3.89. The Morgan fingerprint density at radius 1 is 1.26 bits per heavy atom. The van der Waals surface area contributed by atoms with Crippen molar-refractivity contribution in [1.82, 2.24) is 10.3 Å². The zero-order valence-electron chi connectivity index (χ0n) is 15.3. The third kappa shape index (κ3) is 4.71. The Kier molecular flexibility index (Phi) is 5.50. The van der Waals surface area contributed by atoms with Crippen molar-refractivity contribution in [3.8, 4) is 0 Å². The van der Waals surface area contributed by atoms with E-state index in [0.717, 1.165) is 42.7 Å². The highest BCUT2D eigenvalue weighted by molar-refractivity contribution is 8.00. The highest BCUT2D eigenvalue weighted by Gasteiger charge is 2.24. The first-order valence-corrected chi connectivity index (χ1v) is 11.2. The molecule has 1 aromatic heterocycles. The molecule has 5 nitrogen and oxygen atoms in total. The Morgan fingerprint density at radius 3 is 2.89 bits per heavy atom. The van der Waals surface area contributed by atoms with Crippen LogP contribution < -0.4 is 10.6 Å². The summed E-state index contributed by atoms with van der Waals surface area (Å²) in [7, 11) is 0. The molecule has 2 aliphatic rings. The van der Waals surface area contributed by atoms with Crippen LogP contribution in [0, 0.1) is 5.92 Å². The van der Waals surface area contributed by atoms with Crippen LogP contribution in [0.2, 0.25) is 0 Å². The Labute approximate surface area is 167 Å². The van der Waals surface area contributed by atoms with Gasteiger partial charge in [0.05, 0.1) is 17.0 Å². The average molecular weight is 402 g/mol. The fourth-order valence-corrected chi connectivity index (χ4v) is 5.21. The minimum Gasteiger partial charge on any atom is -0.353 e. The van der Waals surface area contributed by atoms with E-state index < -0.39 is 0 Å². The lowest BCUT2D eigenvalue weighted by atomic mass is 9.93. The fourth-order valence-electron chi connectivity index (χ4n) is 3.18. The van der Waals surface area contributed by atoms with Gasteiger partial charge in [-0.15, -0.1) is 23.1 Å². The maximum Gasteiger partial charge on any atom is 0.258 e. The fraction of sp³-hybridized carbons (Fsp3) is 0.450. The van der Waals surface area contributed by atoms with Crippen molar-refractivity contribution in [2.24, 2.45) is 5.92 Å². The molecule has 2 aliphatic carbocycles. The maximum absolute atomic E-state index is 12.8. The summed E-state index contributed by atoms with van der Waals surface area (Å²) < 4.78 is 0. The van der Waals surface area contributed by atoms with Gasteiger partial charge in [0.2, 0.25) is 5.91 Å². The summed E-state index contributed by atoms with van der Waals surface area (Å²) in [4.78, 5) is 31.4. The number of anilines is 1. The van der Waals surface area contributed by atoms with E-state index in [2.05, 4.69) is 22.5 Å². The van der Waals surface area contributed by atoms with E-state index in [1.807, 2.05) is 18.2 Å². The Balaban J connectivity index is 1.41. The number of fused-ring (bicyclic) bond motifs is 1. The molecule has 7 heteroatoms. The van der Waals surface area contributed by atoms with Gasteiger partial charge in [-0.3, -0.25) is 14.9 Å². The van der Waals surface area contributed by atoms with E-state index >= 15 is 0 Å². The summed E-state index contributed by atoms with van der Waals surface area (Å²) in [5.74, 6) is 0.865. The number of aromatic nitrogens is 1. The number of nitrogens with zero attached hydrogens (tertiary/aromatic N) is 1. The summed E-state index contributed by atoms with van der Waals surface area (Å²) in [5.41, 5.74) is 1.72. The van der Waals surface area contributed by atoms with E-state index in [9.17, 15) is 9.59 Å². The molecule has 2 aromatic rings. The normalized spacial score (nSPS) is 18.6. The van der Waals surface area contributed by atoms with Crippen LogP contribution in [0.4, 0.5) is 5.13 Å². The number of thioether (sulfide) groups is 1. The predicted molar refractivity (Wildman–Crippen MR) is 110 cm³/mol. The highest BCUT2D eigenvalue weighted by Crippen LogP contribution is 2.32. The van der Waals surface area contributed by atoms with E-state index in [1.165, 1.54) is 16.6 Å². The molecule has 142 valence electrons. The third-order valence-corrected chi connectivity index (χ3v) is 6.95. The molecule has 2 amide bonds. The molecule has 1 saturated carbocycles. The van der Waals surface area contributed by atoms with Gasteiger partial charge in [-0.1, -0.05) is 19.1 Å². The lowest BCUT2D eigenvalue weighted by Crippen LogP contribution is -2.27. The van der Waals surface area contributed by atoms with Crippen molar-refractivity contribution in [3.63, 3.8) is 0 Å². The number of hydrogen-bond acceptors (Lipinski definition) is 5. The molecule has 1 atom stereocenters. The van der Waals surface area contributed by atoms with Crippen molar-refractivity contribution in [2.75, 3.05) is 11.1 Å². The quantitative estimate of drug-likeness (QED) is 0.721. The topological polar surface area (TPSA) is 71.1 Å². The van der Waals surface area contributed by atoms with E-state index in [-0.39, 0.29) is 11.8 Å². The summed E-state index contributed by atoms with van der Waals surface area (Å²) in [5, 5.41) is 6.60. The summed E-state index contributed by atoms with van der Waals surface area (Å²) in [6.45, 7) is 2.26. The van der Waals surface area contributed by atoms with Crippen LogP contribution in [-0.2, 0) is 17.6 Å². The number of carbonyl (C=O) groups is 2. The van der Waals surface area contributed by atoms with Gasteiger partial charge in [0, 0.05) is 15.8 Å². The molecular formula is C20H23N3O2S2. The smallest absolute Gasteiger partial charge is 0.258 e. The molecule has 0 bridgehead atoms. The summed E-state index contributed by atoms with van der Waals surface area (Å²) >= 11 is 2.99. The monoisotopic (exact) mass is 401 g/mol. The number of benzene rings is 1. The van der Waals surface area contributed by atoms with Gasteiger partial charge in [-0.25, -0.2) is 4.98 Å². The zero-order chi connectivity index (χ0) is 18.8. The summed E-state index contributed by atoms with van der Waals surface area (Å²) in [6.07, 6.45) is 5.35. The zero-order valence-corrected chi connectivity index (χ0v) is 16.9. The number of amides is 2. The largest absolute Gasteiger partial charge is 0.353 e. The number of rotatable bonds is 6. The Hall–Kier alpha value is -1.86. The average Bonchev–Trinajstić information content (AvgIpc) is 3.37. The first kappa shape index (κ1) is 18.5. The number of carbonyl (C=O) groups excluding carboxylic acids is 2. The lowest BCUT2D eigenvalue weighted by molar-refractivity contribution is -0.118. The molecule has 1 heterocycles. The second-order valence-electron chi connectivity index (χ2n) is 7.32. The van der Waals surface area contributed by atoms with Gasteiger partial charge in [0.15, 0.2) is 5.13 Å². The number of thiazole rings is 1. The summed E-state index contributed by atoms with van der Waals surface area (Å²) in [6, 6.07) is 7.78. The minimum absolute atomic E-state index is 0.0272.